The first-order valence-corrected chi connectivity index (χ1v) is 4.94. The van der Waals surface area contributed by atoms with Gasteiger partial charge in [-0.05, 0) is 12.5 Å². The van der Waals surface area contributed by atoms with Gasteiger partial charge in [-0.2, -0.15) is 5.10 Å². The molecule has 0 saturated carbocycles. The highest BCUT2D eigenvalue weighted by atomic mass is 16.5. The lowest BCUT2D eigenvalue weighted by atomic mass is 10.0. The molecule has 16 heavy (non-hydrogen) atoms. The number of benzene rings is 1. The first-order chi connectivity index (χ1) is 7.72. The fourth-order valence-corrected chi connectivity index (χ4v) is 1.57. The van der Waals surface area contributed by atoms with Gasteiger partial charge in [-0.3, -0.25) is 0 Å². The highest BCUT2D eigenvalue weighted by Gasteiger charge is 2.09. The van der Waals surface area contributed by atoms with Gasteiger partial charge in [-0.1, -0.05) is 29.8 Å². The van der Waals surface area contributed by atoms with Gasteiger partial charge in [0.2, 0.25) is 0 Å². The topological polar surface area (TPSA) is 61.0 Å². The molecule has 82 valence electrons. The summed E-state index contributed by atoms with van der Waals surface area (Å²) in [5, 5.41) is 7.68. The molecular weight excluding hydrogens is 202 g/mol. The van der Waals surface area contributed by atoms with Crippen molar-refractivity contribution >= 4 is 5.69 Å². The molecule has 2 rings (SSSR count). The number of aryl methyl sites for hydroxylation is 1. The van der Waals surface area contributed by atoms with Crippen LogP contribution in [0, 0.1) is 6.92 Å². The maximum Gasteiger partial charge on any atom is 0.257 e. The van der Waals surface area contributed by atoms with Crippen molar-refractivity contribution in [3.63, 3.8) is 0 Å². The summed E-state index contributed by atoms with van der Waals surface area (Å²) >= 11 is 0. The van der Waals surface area contributed by atoms with Gasteiger partial charge < -0.3 is 10.5 Å². The second kappa shape index (κ2) is 4.18. The van der Waals surface area contributed by atoms with E-state index in [2.05, 4.69) is 10.2 Å². The summed E-state index contributed by atoms with van der Waals surface area (Å²) in [4.78, 5) is 0. The van der Waals surface area contributed by atoms with Crippen molar-refractivity contribution in [1.29, 1.82) is 0 Å². The van der Waals surface area contributed by atoms with Crippen molar-refractivity contribution in [3.05, 3.63) is 36.0 Å². The molecule has 0 bridgehead atoms. The van der Waals surface area contributed by atoms with Crippen LogP contribution < -0.4 is 10.5 Å². The summed E-state index contributed by atoms with van der Waals surface area (Å²) in [5.74, 6) is 0.360. The third kappa shape index (κ3) is 1.82. The SMILES string of the molecule is COc1nncc(-c2cccc(C)c2)c1N. The number of nitrogen functional groups attached to an aromatic ring is 1. The average Bonchev–Trinajstić information content (AvgIpc) is 2.29. The third-order valence-corrected chi connectivity index (χ3v) is 2.38. The van der Waals surface area contributed by atoms with Gasteiger partial charge in [0, 0.05) is 5.56 Å². The zero-order valence-corrected chi connectivity index (χ0v) is 9.27. The van der Waals surface area contributed by atoms with Crippen molar-refractivity contribution in [2.45, 2.75) is 6.92 Å². The molecule has 0 unspecified atom stereocenters. The number of hydrogen-bond acceptors (Lipinski definition) is 4. The fourth-order valence-electron chi connectivity index (χ4n) is 1.57. The molecule has 0 saturated heterocycles. The molecule has 0 radical (unpaired) electrons. The van der Waals surface area contributed by atoms with Crippen LogP contribution in [0.1, 0.15) is 5.56 Å². The highest BCUT2D eigenvalue weighted by Crippen LogP contribution is 2.30. The number of ether oxygens (including phenoxy) is 1. The Kier molecular flexibility index (Phi) is 2.72. The molecule has 1 aromatic heterocycles. The van der Waals surface area contributed by atoms with E-state index in [0.717, 1.165) is 11.1 Å². The van der Waals surface area contributed by atoms with Crippen LogP contribution in [0.5, 0.6) is 5.88 Å². The molecule has 0 spiro atoms. The number of methoxy groups -OCH3 is 1. The summed E-state index contributed by atoms with van der Waals surface area (Å²) in [6.45, 7) is 2.03. The molecule has 0 amide bonds. The van der Waals surface area contributed by atoms with Gasteiger partial charge in [0.25, 0.3) is 5.88 Å². The third-order valence-electron chi connectivity index (χ3n) is 2.38. The molecule has 2 N–H and O–H groups in total. The Labute approximate surface area is 94.1 Å². The van der Waals surface area contributed by atoms with Crippen LogP contribution in [-0.4, -0.2) is 17.3 Å². The molecule has 4 heteroatoms. The van der Waals surface area contributed by atoms with E-state index in [1.807, 2.05) is 31.2 Å². The number of aromatic nitrogens is 2. The van der Waals surface area contributed by atoms with E-state index >= 15 is 0 Å². The van der Waals surface area contributed by atoms with Gasteiger partial charge in [-0.15, -0.1) is 5.10 Å². The van der Waals surface area contributed by atoms with E-state index in [4.69, 9.17) is 10.5 Å². The largest absolute Gasteiger partial charge is 0.478 e. The predicted molar refractivity (Wildman–Crippen MR) is 63.2 cm³/mol. The first-order valence-electron chi connectivity index (χ1n) is 4.94. The molecule has 0 aliphatic rings. The van der Waals surface area contributed by atoms with Crippen LogP contribution in [0.15, 0.2) is 30.5 Å². The number of anilines is 1. The Bertz CT molecular complexity index is 511. The molecular formula is C12H13N3O. The standard InChI is InChI=1S/C12H13N3O/c1-8-4-3-5-9(6-8)10-7-14-15-12(16-2)11(10)13/h3-7H,1-2H3,(H2,13,14). The lowest BCUT2D eigenvalue weighted by Gasteiger charge is -2.08. The summed E-state index contributed by atoms with van der Waals surface area (Å²) in [5.41, 5.74) is 9.50. The monoisotopic (exact) mass is 215 g/mol. The smallest absolute Gasteiger partial charge is 0.257 e. The summed E-state index contributed by atoms with van der Waals surface area (Å²) in [7, 11) is 1.53. The maximum absolute atomic E-state index is 5.95. The minimum atomic E-state index is 0.360. The minimum Gasteiger partial charge on any atom is -0.478 e. The molecule has 2 aromatic rings. The quantitative estimate of drug-likeness (QED) is 0.832. The van der Waals surface area contributed by atoms with Crippen molar-refractivity contribution in [3.8, 4) is 17.0 Å². The Hall–Kier alpha value is -2.10. The molecule has 0 fully saturated rings. The lowest BCUT2D eigenvalue weighted by Crippen LogP contribution is -1.99. The Balaban J connectivity index is 2.56. The van der Waals surface area contributed by atoms with Crippen molar-refractivity contribution in [1.82, 2.24) is 10.2 Å². The second-order valence-corrected chi connectivity index (χ2v) is 3.55. The van der Waals surface area contributed by atoms with Crippen LogP contribution in [-0.2, 0) is 0 Å². The van der Waals surface area contributed by atoms with Crippen LogP contribution in [0.25, 0.3) is 11.1 Å². The molecule has 1 aromatic carbocycles. The number of hydrogen-bond donors (Lipinski definition) is 1. The number of nitrogens with two attached hydrogens (primary N) is 1. The Morgan fingerprint density at radius 3 is 2.81 bits per heavy atom. The van der Waals surface area contributed by atoms with Crippen molar-refractivity contribution in [2.24, 2.45) is 0 Å². The Morgan fingerprint density at radius 2 is 2.12 bits per heavy atom. The van der Waals surface area contributed by atoms with E-state index in [0.29, 0.717) is 11.6 Å². The van der Waals surface area contributed by atoms with Gasteiger partial charge in [0.15, 0.2) is 0 Å². The van der Waals surface area contributed by atoms with E-state index in [9.17, 15) is 0 Å². The minimum absolute atomic E-state index is 0.360. The molecule has 1 heterocycles. The van der Waals surface area contributed by atoms with Gasteiger partial charge in [-0.25, -0.2) is 0 Å². The van der Waals surface area contributed by atoms with Crippen LogP contribution >= 0.6 is 0 Å². The molecule has 0 aliphatic heterocycles. The number of rotatable bonds is 2. The van der Waals surface area contributed by atoms with Gasteiger partial charge in [0.1, 0.15) is 5.69 Å². The number of nitrogens with zero attached hydrogens (tertiary/aromatic N) is 2. The van der Waals surface area contributed by atoms with E-state index in [-0.39, 0.29) is 0 Å². The second-order valence-electron chi connectivity index (χ2n) is 3.55. The lowest BCUT2D eigenvalue weighted by molar-refractivity contribution is 0.394. The van der Waals surface area contributed by atoms with Crippen LogP contribution in [0.2, 0.25) is 0 Å². The Morgan fingerprint density at radius 1 is 1.31 bits per heavy atom. The van der Waals surface area contributed by atoms with Crippen LogP contribution in [0.4, 0.5) is 5.69 Å². The van der Waals surface area contributed by atoms with Crippen molar-refractivity contribution in [2.75, 3.05) is 12.8 Å². The van der Waals surface area contributed by atoms with Crippen molar-refractivity contribution < 1.29 is 4.74 Å². The van der Waals surface area contributed by atoms with Gasteiger partial charge in [0.05, 0.1) is 13.3 Å². The van der Waals surface area contributed by atoms with Crippen LogP contribution in [0.3, 0.4) is 0 Å². The molecule has 0 aliphatic carbocycles. The first kappa shape index (κ1) is 10.4. The molecule has 4 nitrogen and oxygen atoms in total. The predicted octanol–water partition coefficient (Wildman–Crippen LogP) is 2.04. The van der Waals surface area contributed by atoms with E-state index in [1.54, 1.807) is 6.20 Å². The fraction of sp³-hybridized carbons (Fsp3) is 0.167. The zero-order chi connectivity index (χ0) is 11.5. The normalized spacial score (nSPS) is 10.1. The van der Waals surface area contributed by atoms with E-state index < -0.39 is 0 Å². The van der Waals surface area contributed by atoms with E-state index in [1.165, 1.54) is 12.7 Å². The molecule has 0 atom stereocenters. The highest BCUT2D eigenvalue weighted by molar-refractivity contribution is 5.78. The zero-order valence-electron chi connectivity index (χ0n) is 9.27. The van der Waals surface area contributed by atoms with Gasteiger partial charge >= 0.3 is 0 Å². The summed E-state index contributed by atoms with van der Waals surface area (Å²) in [6.07, 6.45) is 1.65. The maximum atomic E-state index is 5.95. The summed E-state index contributed by atoms with van der Waals surface area (Å²) < 4.78 is 5.04. The summed E-state index contributed by atoms with van der Waals surface area (Å²) in [6, 6.07) is 8.05. The average molecular weight is 215 g/mol.